The summed E-state index contributed by atoms with van der Waals surface area (Å²) in [4.78, 5) is 15.7. The van der Waals surface area contributed by atoms with Crippen molar-refractivity contribution in [1.82, 2.24) is 4.98 Å². The lowest BCUT2D eigenvalue weighted by Crippen LogP contribution is -2.05. The van der Waals surface area contributed by atoms with Crippen molar-refractivity contribution in [2.75, 3.05) is 0 Å². The quantitative estimate of drug-likeness (QED) is 0.783. The summed E-state index contributed by atoms with van der Waals surface area (Å²) < 4.78 is 5.36. The van der Waals surface area contributed by atoms with Crippen LogP contribution in [0.25, 0.3) is 0 Å². The Hall–Kier alpha value is -1.12. The zero-order valence-corrected chi connectivity index (χ0v) is 9.87. The fourth-order valence-corrected chi connectivity index (χ4v) is 2.29. The van der Waals surface area contributed by atoms with Gasteiger partial charge in [0.15, 0.2) is 0 Å². The highest BCUT2D eigenvalue weighted by Crippen LogP contribution is 2.31. The number of carbonyl (C=O) groups excluding carboxylic acids is 1. The second kappa shape index (κ2) is 5.28. The van der Waals surface area contributed by atoms with Gasteiger partial charge in [0.2, 0.25) is 5.89 Å². The highest BCUT2D eigenvalue weighted by Gasteiger charge is 2.19. The Kier molecular flexibility index (Phi) is 3.75. The van der Waals surface area contributed by atoms with Crippen LogP contribution in [-0.2, 0) is 11.2 Å². The molecule has 1 aromatic rings. The van der Waals surface area contributed by atoms with E-state index in [4.69, 9.17) is 4.42 Å². The summed E-state index contributed by atoms with van der Waals surface area (Å²) in [6, 6.07) is 0. The largest absolute Gasteiger partial charge is 0.448 e. The number of hydrogen-bond acceptors (Lipinski definition) is 3. The highest BCUT2D eigenvalue weighted by molar-refractivity contribution is 5.79. The second-order valence-electron chi connectivity index (χ2n) is 4.57. The van der Waals surface area contributed by atoms with Crippen molar-refractivity contribution in [3.63, 3.8) is 0 Å². The van der Waals surface area contributed by atoms with Crippen LogP contribution in [0.5, 0.6) is 0 Å². The number of aromatic nitrogens is 1. The van der Waals surface area contributed by atoms with Crippen molar-refractivity contribution in [1.29, 1.82) is 0 Å². The van der Waals surface area contributed by atoms with Gasteiger partial charge >= 0.3 is 0 Å². The third-order valence-electron chi connectivity index (χ3n) is 3.34. The molecule has 1 heterocycles. The third kappa shape index (κ3) is 2.71. The molecule has 1 aliphatic carbocycles. The molecule has 0 spiro atoms. The molecule has 88 valence electrons. The predicted molar refractivity (Wildman–Crippen MR) is 61.3 cm³/mol. The van der Waals surface area contributed by atoms with Crippen molar-refractivity contribution in [2.24, 2.45) is 0 Å². The number of Topliss-reactive ketones (excluding diaryl/α,β-unsaturated/α-hetero) is 1. The first-order valence-electron chi connectivity index (χ1n) is 6.25. The summed E-state index contributed by atoms with van der Waals surface area (Å²) in [7, 11) is 0. The predicted octanol–water partition coefficient (Wildman–Crippen LogP) is 3.24. The first kappa shape index (κ1) is 11.4. The SMILES string of the molecule is CCC(=O)Cc1nc(C2CCCCC2)co1. The van der Waals surface area contributed by atoms with Gasteiger partial charge in [0.25, 0.3) is 0 Å². The normalized spacial score (nSPS) is 17.6. The van der Waals surface area contributed by atoms with Crippen LogP contribution in [0.3, 0.4) is 0 Å². The maximum absolute atomic E-state index is 11.3. The van der Waals surface area contributed by atoms with Crippen molar-refractivity contribution >= 4 is 5.78 Å². The van der Waals surface area contributed by atoms with Gasteiger partial charge in [-0.3, -0.25) is 4.79 Å². The lowest BCUT2D eigenvalue weighted by Gasteiger charge is -2.18. The van der Waals surface area contributed by atoms with Crippen LogP contribution >= 0.6 is 0 Å². The van der Waals surface area contributed by atoms with E-state index >= 15 is 0 Å². The molecule has 0 bridgehead atoms. The van der Waals surface area contributed by atoms with Crippen LogP contribution in [0.1, 0.15) is 63.0 Å². The van der Waals surface area contributed by atoms with Crippen molar-refractivity contribution < 1.29 is 9.21 Å². The molecule has 0 amide bonds. The van der Waals surface area contributed by atoms with E-state index < -0.39 is 0 Å². The third-order valence-corrected chi connectivity index (χ3v) is 3.34. The molecule has 0 N–H and O–H groups in total. The van der Waals surface area contributed by atoms with Gasteiger partial charge in [-0.2, -0.15) is 0 Å². The Labute approximate surface area is 96.3 Å². The van der Waals surface area contributed by atoms with E-state index in [0.717, 1.165) is 5.69 Å². The number of rotatable bonds is 4. The van der Waals surface area contributed by atoms with Crippen LogP contribution in [0.15, 0.2) is 10.7 Å². The number of hydrogen-bond donors (Lipinski definition) is 0. The Balaban J connectivity index is 1.98. The zero-order valence-electron chi connectivity index (χ0n) is 9.87. The molecule has 1 saturated carbocycles. The minimum Gasteiger partial charge on any atom is -0.448 e. The van der Waals surface area contributed by atoms with Crippen LogP contribution in [0.2, 0.25) is 0 Å². The monoisotopic (exact) mass is 221 g/mol. The molecule has 16 heavy (non-hydrogen) atoms. The van der Waals surface area contributed by atoms with Gasteiger partial charge < -0.3 is 4.42 Å². The van der Waals surface area contributed by atoms with Gasteiger partial charge in [0, 0.05) is 12.3 Å². The minimum atomic E-state index is 0.192. The van der Waals surface area contributed by atoms with E-state index in [1.54, 1.807) is 6.26 Å². The van der Waals surface area contributed by atoms with Gasteiger partial charge in [-0.05, 0) is 12.8 Å². The molecule has 0 atom stereocenters. The highest BCUT2D eigenvalue weighted by atomic mass is 16.3. The van der Waals surface area contributed by atoms with E-state index in [9.17, 15) is 4.79 Å². The molecule has 0 aromatic carbocycles. The van der Waals surface area contributed by atoms with Gasteiger partial charge in [0.1, 0.15) is 12.0 Å². The molecule has 0 unspecified atom stereocenters. The summed E-state index contributed by atoms with van der Waals surface area (Å²) >= 11 is 0. The number of nitrogens with zero attached hydrogens (tertiary/aromatic N) is 1. The van der Waals surface area contributed by atoms with Crippen molar-refractivity contribution in [2.45, 2.75) is 57.8 Å². The van der Waals surface area contributed by atoms with E-state index in [-0.39, 0.29) is 5.78 Å². The summed E-state index contributed by atoms with van der Waals surface area (Å²) in [5, 5.41) is 0. The Morgan fingerprint density at radius 1 is 1.44 bits per heavy atom. The van der Waals surface area contributed by atoms with Crippen LogP contribution in [0, 0.1) is 0 Å². The van der Waals surface area contributed by atoms with Crippen molar-refractivity contribution in [3.8, 4) is 0 Å². The smallest absolute Gasteiger partial charge is 0.201 e. The average Bonchev–Trinajstić information content (AvgIpc) is 2.78. The number of oxazole rings is 1. The summed E-state index contributed by atoms with van der Waals surface area (Å²) in [6.07, 6.45) is 9.01. The fraction of sp³-hybridized carbons (Fsp3) is 0.692. The molecule has 0 saturated heterocycles. The molecular formula is C13H19NO2. The Morgan fingerprint density at radius 3 is 2.88 bits per heavy atom. The zero-order chi connectivity index (χ0) is 11.4. The number of ketones is 1. The molecule has 1 aromatic heterocycles. The van der Waals surface area contributed by atoms with E-state index in [2.05, 4.69) is 4.98 Å². The van der Waals surface area contributed by atoms with Gasteiger partial charge in [-0.25, -0.2) is 4.98 Å². The second-order valence-corrected chi connectivity index (χ2v) is 4.57. The average molecular weight is 221 g/mol. The molecule has 1 fully saturated rings. The van der Waals surface area contributed by atoms with E-state index in [1.807, 2.05) is 6.92 Å². The Morgan fingerprint density at radius 2 is 2.19 bits per heavy atom. The fourth-order valence-electron chi connectivity index (χ4n) is 2.29. The molecule has 0 radical (unpaired) electrons. The van der Waals surface area contributed by atoms with E-state index in [1.165, 1.54) is 32.1 Å². The maximum Gasteiger partial charge on any atom is 0.201 e. The molecular weight excluding hydrogens is 202 g/mol. The van der Waals surface area contributed by atoms with Crippen LogP contribution < -0.4 is 0 Å². The minimum absolute atomic E-state index is 0.192. The van der Waals surface area contributed by atoms with Gasteiger partial charge in [-0.15, -0.1) is 0 Å². The molecule has 3 heteroatoms. The van der Waals surface area contributed by atoms with E-state index in [0.29, 0.717) is 24.7 Å². The van der Waals surface area contributed by atoms with Crippen LogP contribution in [0.4, 0.5) is 0 Å². The Bertz CT molecular complexity index is 351. The summed E-state index contributed by atoms with van der Waals surface area (Å²) in [5.74, 6) is 1.34. The number of carbonyl (C=O) groups is 1. The van der Waals surface area contributed by atoms with Crippen molar-refractivity contribution in [3.05, 3.63) is 17.8 Å². The van der Waals surface area contributed by atoms with Gasteiger partial charge in [-0.1, -0.05) is 26.2 Å². The lowest BCUT2D eigenvalue weighted by atomic mass is 9.87. The standard InChI is InChI=1S/C13H19NO2/c1-2-11(15)8-13-14-12(9-16-13)10-6-4-3-5-7-10/h9-10H,2-8H2,1H3. The summed E-state index contributed by atoms with van der Waals surface area (Å²) in [5.41, 5.74) is 1.05. The molecule has 3 nitrogen and oxygen atoms in total. The summed E-state index contributed by atoms with van der Waals surface area (Å²) in [6.45, 7) is 1.87. The molecule has 0 aliphatic heterocycles. The lowest BCUT2D eigenvalue weighted by molar-refractivity contribution is -0.118. The first-order valence-corrected chi connectivity index (χ1v) is 6.25. The maximum atomic E-state index is 11.3. The first-order chi connectivity index (χ1) is 7.79. The van der Waals surface area contributed by atoms with Gasteiger partial charge in [0.05, 0.1) is 12.1 Å². The van der Waals surface area contributed by atoms with Crippen LogP contribution in [-0.4, -0.2) is 10.8 Å². The molecule has 1 aliphatic rings. The molecule has 2 rings (SSSR count). The topological polar surface area (TPSA) is 43.1 Å².